The van der Waals surface area contributed by atoms with Gasteiger partial charge in [-0.05, 0) is 42.9 Å². The molecule has 1 aliphatic rings. The topological polar surface area (TPSA) is 12.0 Å². The Bertz CT molecular complexity index is 328. The first-order valence-corrected chi connectivity index (χ1v) is 5.04. The van der Waals surface area contributed by atoms with Gasteiger partial charge in [0.1, 0.15) is 0 Å². The maximum Gasteiger partial charge on any atom is 0.0407 e. The summed E-state index contributed by atoms with van der Waals surface area (Å²) in [6.45, 7) is 7.82. The lowest BCUT2D eigenvalue weighted by molar-refractivity contribution is 0.682. The van der Waals surface area contributed by atoms with Crippen LogP contribution >= 0.6 is 0 Å². The molecule has 1 N–H and O–H groups in total. The highest BCUT2D eigenvalue weighted by molar-refractivity contribution is 5.62. The van der Waals surface area contributed by atoms with E-state index in [2.05, 4.69) is 38.2 Å². The Labute approximate surface area is 80.2 Å². The summed E-state index contributed by atoms with van der Waals surface area (Å²) in [4.78, 5) is 0. The summed E-state index contributed by atoms with van der Waals surface area (Å²) in [7, 11) is 0. The molecule has 2 rings (SSSR count). The summed E-state index contributed by atoms with van der Waals surface area (Å²) in [5.74, 6) is 0.718. The van der Waals surface area contributed by atoms with Gasteiger partial charge < -0.3 is 5.32 Å². The summed E-state index contributed by atoms with van der Waals surface area (Å²) in [6.07, 6.45) is 1.26. The first kappa shape index (κ1) is 8.61. The molecule has 1 aliphatic heterocycles. The predicted octanol–water partition coefficient (Wildman–Crippen LogP) is 3.22. The van der Waals surface area contributed by atoms with Crippen molar-refractivity contribution in [1.82, 2.24) is 0 Å². The zero-order valence-electron chi connectivity index (χ0n) is 8.65. The lowest BCUT2D eigenvalue weighted by Crippen LogP contribution is -2.16. The number of hydrogen-bond donors (Lipinski definition) is 1. The van der Waals surface area contributed by atoms with Crippen molar-refractivity contribution in [2.24, 2.45) is 0 Å². The van der Waals surface area contributed by atoms with Crippen LogP contribution in [-0.2, 0) is 0 Å². The molecular formula is C12H17N. The number of hydrogen-bond acceptors (Lipinski definition) is 1. The molecule has 0 unspecified atom stereocenters. The molecule has 0 spiro atoms. The Kier molecular flexibility index (Phi) is 2.03. The third-order valence-corrected chi connectivity index (χ3v) is 3.18. The van der Waals surface area contributed by atoms with Crippen LogP contribution in [0.1, 0.15) is 36.0 Å². The maximum atomic E-state index is 3.50. The molecule has 1 aromatic carbocycles. The number of nitrogens with one attached hydrogen (secondary N) is 1. The summed E-state index contributed by atoms with van der Waals surface area (Å²) in [5, 5.41) is 3.50. The van der Waals surface area contributed by atoms with Gasteiger partial charge in [0.2, 0.25) is 0 Å². The minimum Gasteiger partial charge on any atom is -0.385 e. The van der Waals surface area contributed by atoms with Crippen LogP contribution in [0.2, 0.25) is 0 Å². The van der Waals surface area contributed by atoms with Crippen molar-refractivity contribution in [1.29, 1.82) is 0 Å². The van der Waals surface area contributed by atoms with Gasteiger partial charge in [-0.15, -0.1) is 0 Å². The number of fused-ring (bicyclic) bond motifs is 1. The molecular weight excluding hydrogens is 158 g/mol. The lowest BCUT2D eigenvalue weighted by atomic mass is 9.89. The van der Waals surface area contributed by atoms with Gasteiger partial charge in [-0.1, -0.05) is 19.1 Å². The third-order valence-electron chi connectivity index (χ3n) is 3.18. The average molecular weight is 175 g/mol. The molecule has 0 aliphatic carbocycles. The van der Waals surface area contributed by atoms with Crippen molar-refractivity contribution in [3.63, 3.8) is 0 Å². The lowest BCUT2D eigenvalue weighted by Gasteiger charge is -2.26. The fourth-order valence-corrected chi connectivity index (χ4v) is 2.05. The highest BCUT2D eigenvalue weighted by atomic mass is 14.9. The van der Waals surface area contributed by atoms with Gasteiger partial charge in [0.15, 0.2) is 0 Å². The van der Waals surface area contributed by atoms with E-state index in [1.807, 2.05) is 0 Å². The van der Waals surface area contributed by atoms with E-state index in [0.717, 1.165) is 12.5 Å². The second kappa shape index (κ2) is 3.06. The van der Waals surface area contributed by atoms with Crippen LogP contribution < -0.4 is 5.32 Å². The molecule has 1 nitrogen and oxygen atoms in total. The van der Waals surface area contributed by atoms with Gasteiger partial charge in [-0.2, -0.15) is 0 Å². The molecule has 1 heteroatoms. The molecule has 0 amide bonds. The van der Waals surface area contributed by atoms with Gasteiger partial charge in [0.25, 0.3) is 0 Å². The smallest absolute Gasteiger partial charge is 0.0407 e. The molecule has 1 heterocycles. The number of rotatable bonds is 0. The van der Waals surface area contributed by atoms with Crippen molar-refractivity contribution in [3.8, 4) is 0 Å². The van der Waals surface area contributed by atoms with Crippen LogP contribution in [0.5, 0.6) is 0 Å². The molecule has 0 bridgehead atoms. The Hall–Kier alpha value is -0.980. The zero-order chi connectivity index (χ0) is 9.42. The van der Waals surface area contributed by atoms with Gasteiger partial charge >= 0.3 is 0 Å². The Morgan fingerprint density at radius 1 is 1.31 bits per heavy atom. The monoisotopic (exact) mass is 175 g/mol. The fraction of sp³-hybridized carbons (Fsp3) is 0.500. The van der Waals surface area contributed by atoms with Crippen LogP contribution in [0.25, 0.3) is 0 Å². The maximum absolute atomic E-state index is 3.50. The number of aryl methyl sites for hydroxylation is 1. The van der Waals surface area contributed by atoms with Crippen LogP contribution in [0, 0.1) is 13.8 Å². The summed E-state index contributed by atoms with van der Waals surface area (Å²) in [5.41, 5.74) is 5.69. The third kappa shape index (κ3) is 1.32. The van der Waals surface area contributed by atoms with E-state index in [4.69, 9.17) is 0 Å². The van der Waals surface area contributed by atoms with Gasteiger partial charge in [0.05, 0.1) is 0 Å². The van der Waals surface area contributed by atoms with E-state index >= 15 is 0 Å². The minimum atomic E-state index is 0.718. The second-order valence-electron chi connectivity index (χ2n) is 4.09. The Balaban J connectivity index is 2.56. The molecule has 0 saturated carbocycles. The molecule has 1 aromatic rings. The van der Waals surface area contributed by atoms with Crippen LogP contribution in [-0.4, -0.2) is 6.54 Å². The number of benzene rings is 1. The largest absolute Gasteiger partial charge is 0.385 e. The predicted molar refractivity (Wildman–Crippen MR) is 57.4 cm³/mol. The highest BCUT2D eigenvalue weighted by Crippen LogP contribution is 2.34. The Morgan fingerprint density at radius 3 is 2.85 bits per heavy atom. The second-order valence-corrected chi connectivity index (χ2v) is 4.09. The quantitative estimate of drug-likeness (QED) is 0.638. The summed E-state index contributed by atoms with van der Waals surface area (Å²) >= 11 is 0. The van der Waals surface area contributed by atoms with Gasteiger partial charge in [-0.3, -0.25) is 0 Å². The van der Waals surface area contributed by atoms with Crippen molar-refractivity contribution in [3.05, 3.63) is 28.8 Å². The summed E-state index contributed by atoms with van der Waals surface area (Å²) in [6, 6.07) is 4.51. The van der Waals surface area contributed by atoms with E-state index in [1.165, 1.54) is 28.8 Å². The highest BCUT2D eigenvalue weighted by Gasteiger charge is 2.17. The van der Waals surface area contributed by atoms with E-state index in [9.17, 15) is 0 Å². The van der Waals surface area contributed by atoms with Crippen molar-refractivity contribution in [2.45, 2.75) is 33.1 Å². The fourth-order valence-electron chi connectivity index (χ4n) is 2.05. The normalized spacial score (nSPS) is 20.7. The molecule has 0 aromatic heterocycles. The first-order chi connectivity index (χ1) is 6.20. The minimum absolute atomic E-state index is 0.718. The van der Waals surface area contributed by atoms with Gasteiger partial charge in [0, 0.05) is 12.2 Å². The average Bonchev–Trinajstić information content (AvgIpc) is 2.12. The molecule has 1 atom stereocenters. The molecule has 0 radical (unpaired) electrons. The van der Waals surface area contributed by atoms with Crippen molar-refractivity contribution < 1.29 is 0 Å². The van der Waals surface area contributed by atoms with E-state index in [1.54, 1.807) is 0 Å². The molecule has 13 heavy (non-hydrogen) atoms. The van der Waals surface area contributed by atoms with Crippen molar-refractivity contribution >= 4 is 5.69 Å². The SMILES string of the molecule is Cc1ccc2c(c1C)NCC[C@H]2C. The van der Waals surface area contributed by atoms with Crippen molar-refractivity contribution in [2.75, 3.05) is 11.9 Å². The van der Waals surface area contributed by atoms with Crippen LogP contribution in [0.3, 0.4) is 0 Å². The van der Waals surface area contributed by atoms with E-state index in [-0.39, 0.29) is 0 Å². The molecule has 0 saturated heterocycles. The van der Waals surface area contributed by atoms with E-state index < -0.39 is 0 Å². The van der Waals surface area contributed by atoms with Crippen LogP contribution in [0.15, 0.2) is 12.1 Å². The van der Waals surface area contributed by atoms with Gasteiger partial charge in [-0.25, -0.2) is 0 Å². The standard InChI is InChI=1S/C12H17N/c1-8-4-5-11-9(2)6-7-13-12(11)10(8)3/h4-5,9,13H,6-7H2,1-3H3/t9-/m1/s1. The Morgan fingerprint density at radius 2 is 2.08 bits per heavy atom. The van der Waals surface area contributed by atoms with E-state index in [0.29, 0.717) is 0 Å². The zero-order valence-corrected chi connectivity index (χ0v) is 8.65. The summed E-state index contributed by atoms with van der Waals surface area (Å²) < 4.78 is 0. The molecule has 0 fully saturated rings. The first-order valence-electron chi connectivity index (χ1n) is 5.04. The van der Waals surface area contributed by atoms with Crippen LogP contribution in [0.4, 0.5) is 5.69 Å². The molecule has 70 valence electrons. The number of anilines is 1.